The maximum absolute atomic E-state index is 11.4. The number of esters is 1. The van der Waals surface area contributed by atoms with E-state index in [1.54, 1.807) is 13.0 Å². The Morgan fingerprint density at radius 1 is 1.09 bits per heavy atom. The first-order valence-corrected chi connectivity index (χ1v) is 8.69. The molecule has 1 rings (SSSR count). The van der Waals surface area contributed by atoms with Gasteiger partial charge in [-0.15, -0.1) is 0 Å². The first-order chi connectivity index (χ1) is 10.5. The minimum absolute atomic E-state index is 0.0202. The number of rotatable bonds is 10. The summed E-state index contributed by atoms with van der Waals surface area (Å²) in [6, 6.07) is 0. The van der Waals surface area contributed by atoms with Crippen molar-refractivity contribution in [2.24, 2.45) is 0 Å². The molecule has 128 valence electrons. The normalized spacial score (nSPS) is 24.0. The highest BCUT2D eigenvalue weighted by Crippen LogP contribution is 2.31. The summed E-state index contributed by atoms with van der Waals surface area (Å²) >= 11 is 0. The molecular formula is C18H32O4. The molecule has 0 aromatic carbocycles. The zero-order valence-electron chi connectivity index (χ0n) is 14.6. The van der Waals surface area contributed by atoms with Crippen LogP contribution in [0.5, 0.6) is 0 Å². The lowest BCUT2D eigenvalue weighted by molar-refractivity contribution is -0.144. The van der Waals surface area contributed by atoms with E-state index in [1.807, 2.05) is 13.8 Å². The van der Waals surface area contributed by atoms with Crippen molar-refractivity contribution in [1.29, 1.82) is 0 Å². The summed E-state index contributed by atoms with van der Waals surface area (Å²) < 4.78 is 16.7. The van der Waals surface area contributed by atoms with Crippen LogP contribution < -0.4 is 0 Å². The quantitative estimate of drug-likeness (QED) is 0.341. The number of hydrogen-bond acceptors (Lipinski definition) is 4. The van der Waals surface area contributed by atoms with Crippen LogP contribution in [0.1, 0.15) is 72.6 Å². The first kappa shape index (κ1) is 19.2. The van der Waals surface area contributed by atoms with E-state index in [1.165, 1.54) is 38.2 Å². The first-order valence-electron chi connectivity index (χ1n) is 8.69. The van der Waals surface area contributed by atoms with E-state index in [-0.39, 0.29) is 18.2 Å². The molecule has 1 fully saturated rings. The Morgan fingerprint density at radius 2 is 1.77 bits per heavy atom. The third kappa shape index (κ3) is 7.41. The minimum atomic E-state index is -0.587. The summed E-state index contributed by atoms with van der Waals surface area (Å²) in [6.45, 7) is 8.24. The highest BCUT2D eigenvalue weighted by atomic mass is 16.7. The second-order valence-electron chi connectivity index (χ2n) is 6.31. The van der Waals surface area contributed by atoms with E-state index in [9.17, 15) is 4.79 Å². The van der Waals surface area contributed by atoms with Gasteiger partial charge in [-0.25, -0.2) is 4.79 Å². The summed E-state index contributed by atoms with van der Waals surface area (Å²) in [7, 11) is 0. The fraction of sp³-hybridized carbons (Fsp3) is 0.833. The van der Waals surface area contributed by atoms with Crippen LogP contribution in [-0.2, 0) is 19.0 Å². The molecule has 1 aliphatic rings. The predicted octanol–water partition coefficient (Wildman–Crippen LogP) is 4.38. The Kier molecular flexibility index (Phi) is 8.72. The van der Waals surface area contributed by atoms with Gasteiger partial charge in [0, 0.05) is 6.08 Å². The summed E-state index contributed by atoms with van der Waals surface area (Å²) in [5, 5.41) is 0. The third-order valence-corrected chi connectivity index (χ3v) is 3.77. The maximum atomic E-state index is 11.4. The average molecular weight is 312 g/mol. The lowest BCUT2D eigenvalue weighted by Gasteiger charge is -2.16. The van der Waals surface area contributed by atoms with Gasteiger partial charge in [-0.3, -0.25) is 0 Å². The lowest BCUT2D eigenvalue weighted by Crippen LogP contribution is -2.21. The zero-order chi connectivity index (χ0) is 16.4. The van der Waals surface area contributed by atoms with Crippen molar-refractivity contribution >= 4 is 5.97 Å². The number of carbonyl (C=O) groups is 1. The van der Waals surface area contributed by atoms with Crippen LogP contribution >= 0.6 is 0 Å². The topological polar surface area (TPSA) is 44.8 Å². The minimum Gasteiger partial charge on any atom is -0.463 e. The SMILES string of the molecule is CCCCCCCC[C@H]1OC(C)(C)O[C@@H]1/C=C/C(=O)OCC. The fourth-order valence-corrected chi connectivity index (χ4v) is 2.74. The van der Waals surface area contributed by atoms with E-state index in [4.69, 9.17) is 14.2 Å². The van der Waals surface area contributed by atoms with Crippen LogP contribution in [0.3, 0.4) is 0 Å². The van der Waals surface area contributed by atoms with Crippen LogP contribution in [0.2, 0.25) is 0 Å². The van der Waals surface area contributed by atoms with Gasteiger partial charge in [0.15, 0.2) is 5.79 Å². The van der Waals surface area contributed by atoms with Gasteiger partial charge in [-0.1, -0.05) is 45.4 Å². The van der Waals surface area contributed by atoms with E-state index >= 15 is 0 Å². The van der Waals surface area contributed by atoms with Crippen LogP contribution in [0.25, 0.3) is 0 Å². The van der Waals surface area contributed by atoms with Crippen LogP contribution in [0, 0.1) is 0 Å². The highest BCUT2D eigenvalue weighted by Gasteiger charge is 2.39. The molecule has 0 spiro atoms. The Morgan fingerprint density at radius 3 is 2.45 bits per heavy atom. The molecule has 4 nitrogen and oxygen atoms in total. The van der Waals surface area contributed by atoms with Gasteiger partial charge in [0.05, 0.1) is 12.7 Å². The highest BCUT2D eigenvalue weighted by molar-refractivity contribution is 5.81. The van der Waals surface area contributed by atoms with Gasteiger partial charge < -0.3 is 14.2 Å². The van der Waals surface area contributed by atoms with E-state index in [0.29, 0.717) is 6.61 Å². The maximum Gasteiger partial charge on any atom is 0.330 e. The molecular weight excluding hydrogens is 280 g/mol. The molecule has 0 saturated carbocycles. The molecule has 0 radical (unpaired) electrons. The van der Waals surface area contributed by atoms with E-state index in [2.05, 4.69) is 6.92 Å². The van der Waals surface area contributed by atoms with Gasteiger partial charge in [0.25, 0.3) is 0 Å². The number of hydrogen-bond donors (Lipinski definition) is 0. The smallest absolute Gasteiger partial charge is 0.330 e. The molecule has 0 aromatic rings. The molecule has 0 amide bonds. The molecule has 1 saturated heterocycles. The zero-order valence-corrected chi connectivity index (χ0v) is 14.6. The lowest BCUT2D eigenvalue weighted by atomic mass is 10.0. The Balaban J connectivity index is 2.39. The molecule has 4 heteroatoms. The molecule has 0 aliphatic carbocycles. The Bertz CT molecular complexity index is 349. The van der Waals surface area contributed by atoms with E-state index < -0.39 is 5.79 Å². The van der Waals surface area contributed by atoms with Crippen molar-refractivity contribution in [1.82, 2.24) is 0 Å². The van der Waals surface area contributed by atoms with Crippen molar-refractivity contribution < 1.29 is 19.0 Å². The van der Waals surface area contributed by atoms with Crippen molar-refractivity contribution in [3.63, 3.8) is 0 Å². The monoisotopic (exact) mass is 312 g/mol. The second-order valence-corrected chi connectivity index (χ2v) is 6.31. The molecule has 22 heavy (non-hydrogen) atoms. The molecule has 1 aliphatic heterocycles. The number of ether oxygens (including phenoxy) is 3. The molecule has 0 unspecified atom stereocenters. The summed E-state index contributed by atoms with van der Waals surface area (Å²) in [6.07, 6.45) is 11.6. The molecule has 0 N–H and O–H groups in total. The largest absolute Gasteiger partial charge is 0.463 e. The summed E-state index contributed by atoms with van der Waals surface area (Å²) in [5.74, 6) is -0.912. The Hall–Kier alpha value is -0.870. The Labute approximate surface area is 135 Å². The van der Waals surface area contributed by atoms with Crippen molar-refractivity contribution in [3.8, 4) is 0 Å². The second kappa shape index (κ2) is 10.0. The third-order valence-electron chi connectivity index (χ3n) is 3.77. The van der Waals surface area contributed by atoms with Gasteiger partial charge in [-0.2, -0.15) is 0 Å². The predicted molar refractivity (Wildman–Crippen MR) is 87.6 cm³/mol. The van der Waals surface area contributed by atoms with Gasteiger partial charge in [0.1, 0.15) is 6.10 Å². The molecule has 0 aromatic heterocycles. The number of carbonyl (C=O) groups excluding carboxylic acids is 1. The van der Waals surface area contributed by atoms with Crippen LogP contribution in [0.4, 0.5) is 0 Å². The summed E-state index contributed by atoms with van der Waals surface area (Å²) in [4.78, 5) is 11.4. The molecule has 0 bridgehead atoms. The van der Waals surface area contributed by atoms with Crippen molar-refractivity contribution in [3.05, 3.63) is 12.2 Å². The van der Waals surface area contributed by atoms with Crippen molar-refractivity contribution in [2.75, 3.05) is 6.61 Å². The standard InChI is InChI=1S/C18H32O4/c1-5-7-8-9-10-11-12-15-16(22-18(3,4)21-15)13-14-17(19)20-6-2/h13-16H,5-12H2,1-4H3/b14-13+/t15-,16-/m1/s1. The van der Waals surface area contributed by atoms with Gasteiger partial charge in [0.2, 0.25) is 0 Å². The number of unbranched alkanes of at least 4 members (excludes halogenated alkanes) is 5. The molecule has 1 heterocycles. The van der Waals surface area contributed by atoms with Crippen LogP contribution in [0.15, 0.2) is 12.2 Å². The fourth-order valence-electron chi connectivity index (χ4n) is 2.74. The van der Waals surface area contributed by atoms with E-state index in [0.717, 1.165) is 12.8 Å². The summed E-state index contributed by atoms with van der Waals surface area (Å²) in [5.41, 5.74) is 0. The van der Waals surface area contributed by atoms with Gasteiger partial charge in [-0.05, 0) is 33.3 Å². The molecule has 2 atom stereocenters. The average Bonchev–Trinajstić information content (AvgIpc) is 2.75. The van der Waals surface area contributed by atoms with Crippen molar-refractivity contribution in [2.45, 2.75) is 90.6 Å². The van der Waals surface area contributed by atoms with Crippen LogP contribution in [-0.4, -0.2) is 30.6 Å². The van der Waals surface area contributed by atoms with Gasteiger partial charge >= 0.3 is 5.97 Å².